The first-order valence-corrected chi connectivity index (χ1v) is 21.5. The summed E-state index contributed by atoms with van der Waals surface area (Å²) in [5.41, 5.74) is 16.0. The Morgan fingerprint density at radius 2 is 0.889 bits per heavy atom. The molecule has 0 unspecified atom stereocenters. The molecule has 0 nitrogen and oxygen atoms in total. The molecule has 0 saturated carbocycles. The molecule has 5 heteroatoms. The van der Waals surface area contributed by atoms with Crippen molar-refractivity contribution >= 4 is 81.4 Å². The van der Waals surface area contributed by atoms with E-state index in [1.165, 1.54) is 55.6 Å². The average Bonchev–Trinajstić information content (AvgIpc) is 3.67. The molecule has 0 spiro atoms. The van der Waals surface area contributed by atoms with E-state index in [0.29, 0.717) is 5.88 Å². The minimum atomic E-state index is -0.110. The second-order valence-electron chi connectivity index (χ2n) is 13.6. The topological polar surface area (TPSA) is 0 Å². The molecule has 0 heterocycles. The minimum Gasteiger partial charge on any atom is -0.122 e. The summed E-state index contributed by atoms with van der Waals surface area (Å²) in [6, 6.07) is 56.3. The Morgan fingerprint density at radius 3 is 1.30 bits per heavy atom. The standard InChI is InChI=1S/C27H20Br2.C13H8Br2.C9H9Cl/c28-21-11-13-23-24-14-12-22(29)16-26(24)27(25(23)15-21,17-19-7-3-1-4-8-19)18-20-9-5-2-6-10-20;14-10-1-3-12-8(6-10)5-9-7-11(15)2-4-13(9)12;1-2-8-3-5-9(7-10)6-4-8/h1-16H,17-18H2;1-4,6-7H,5H2;2-6H,1,7H2. The van der Waals surface area contributed by atoms with E-state index >= 15 is 0 Å². The Morgan fingerprint density at radius 1 is 0.481 bits per heavy atom. The van der Waals surface area contributed by atoms with Gasteiger partial charge in [-0.05, 0) is 135 Å². The summed E-state index contributed by atoms with van der Waals surface area (Å²) < 4.78 is 4.59. The molecule has 0 fully saturated rings. The van der Waals surface area contributed by atoms with Gasteiger partial charge in [-0.2, -0.15) is 0 Å². The van der Waals surface area contributed by atoms with E-state index in [-0.39, 0.29) is 5.41 Å². The summed E-state index contributed by atoms with van der Waals surface area (Å²) in [7, 11) is 0. The lowest BCUT2D eigenvalue weighted by atomic mass is 9.69. The van der Waals surface area contributed by atoms with Crippen molar-refractivity contribution in [1.82, 2.24) is 0 Å². The third-order valence-corrected chi connectivity index (χ3v) is 12.4. The van der Waals surface area contributed by atoms with Crippen molar-refractivity contribution in [2.75, 3.05) is 0 Å². The van der Waals surface area contributed by atoms with Crippen LogP contribution in [0.1, 0.15) is 44.5 Å². The molecule has 2 aliphatic carbocycles. The molecule has 2 aliphatic rings. The molecule has 0 amide bonds. The quantitative estimate of drug-likeness (QED) is 0.146. The van der Waals surface area contributed by atoms with Gasteiger partial charge in [0, 0.05) is 29.2 Å². The lowest BCUT2D eigenvalue weighted by Gasteiger charge is -2.33. The van der Waals surface area contributed by atoms with E-state index in [0.717, 1.165) is 48.3 Å². The normalized spacial score (nSPS) is 12.5. The molecular weight excluding hydrogens is 944 g/mol. The molecule has 0 aliphatic heterocycles. The van der Waals surface area contributed by atoms with Crippen LogP contribution in [0.3, 0.4) is 0 Å². The fraction of sp³-hybridized carbons (Fsp3) is 0.102. The summed E-state index contributed by atoms with van der Waals surface area (Å²) in [5, 5.41) is 0. The first-order valence-electron chi connectivity index (χ1n) is 17.8. The zero-order chi connectivity index (χ0) is 37.7. The van der Waals surface area contributed by atoms with Gasteiger partial charge in [0.2, 0.25) is 0 Å². The molecule has 0 aromatic heterocycles. The van der Waals surface area contributed by atoms with Crippen molar-refractivity contribution in [3.8, 4) is 22.3 Å². The van der Waals surface area contributed by atoms with E-state index in [9.17, 15) is 0 Å². The largest absolute Gasteiger partial charge is 0.122 e. The summed E-state index contributed by atoms with van der Waals surface area (Å²) in [5.74, 6) is 0.581. The lowest BCUT2D eigenvalue weighted by Crippen LogP contribution is -2.31. The summed E-state index contributed by atoms with van der Waals surface area (Å²) in [6.07, 6.45) is 4.80. The van der Waals surface area contributed by atoms with Crippen LogP contribution in [0.2, 0.25) is 0 Å². The van der Waals surface area contributed by atoms with Gasteiger partial charge in [-0.3, -0.25) is 0 Å². The first-order chi connectivity index (χ1) is 26.3. The van der Waals surface area contributed by atoms with Gasteiger partial charge < -0.3 is 0 Å². The predicted octanol–water partition coefficient (Wildman–Crippen LogP) is 15.8. The Labute approximate surface area is 357 Å². The fourth-order valence-electron chi connectivity index (χ4n) is 7.66. The molecule has 7 aromatic rings. The predicted molar refractivity (Wildman–Crippen MR) is 245 cm³/mol. The van der Waals surface area contributed by atoms with Crippen molar-refractivity contribution in [2.24, 2.45) is 0 Å². The van der Waals surface area contributed by atoms with E-state index in [4.69, 9.17) is 11.6 Å². The van der Waals surface area contributed by atoms with Crippen LogP contribution >= 0.6 is 75.3 Å². The van der Waals surface area contributed by atoms with Crippen molar-refractivity contribution in [1.29, 1.82) is 0 Å². The maximum atomic E-state index is 5.60. The van der Waals surface area contributed by atoms with E-state index in [1.54, 1.807) is 0 Å². The number of halogens is 5. The van der Waals surface area contributed by atoms with Crippen LogP contribution in [0.25, 0.3) is 28.3 Å². The van der Waals surface area contributed by atoms with Crippen LogP contribution in [0, 0.1) is 0 Å². The molecule has 54 heavy (non-hydrogen) atoms. The van der Waals surface area contributed by atoms with E-state index in [2.05, 4.69) is 204 Å². The zero-order valence-corrected chi connectivity index (χ0v) is 36.6. The van der Waals surface area contributed by atoms with Gasteiger partial charge in [0.15, 0.2) is 0 Å². The van der Waals surface area contributed by atoms with Crippen molar-refractivity contribution in [3.05, 3.63) is 227 Å². The highest BCUT2D eigenvalue weighted by Gasteiger charge is 2.43. The maximum Gasteiger partial charge on any atom is 0.0474 e. The Kier molecular flexibility index (Phi) is 12.6. The molecule has 0 radical (unpaired) electrons. The van der Waals surface area contributed by atoms with Crippen LogP contribution in [0.5, 0.6) is 0 Å². The number of benzene rings is 7. The molecule has 0 atom stereocenters. The van der Waals surface area contributed by atoms with Gasteiger partial charge in [0.1, 0.15) is 0 Å². The molecule has 268 valence electrons. The summed E-state index contributed by atoms with van der Waals surface area (Å²) in [6.45, 7) is 3.65. The van der Waals surface area contributed by atoms with Gasteiger partial charge in [-0.1, -0.05) is 186 Å². The fourth-order valence-corrected chi connectivity index (χ4v) is 9.38. The third-order valence-electron chi connectivity index (χ3n) is 10.2. The average molecular weight is 981 g/mol. The van der Waals surface area contributed by atoms with Crippen LogP contribution in [-0.4, -0.2) is 0 Å². The second-order valence-corrected chi connectivity index (χ2v) is 17.6. The Hall–Kier alpha value is -3.51. The number of hydrogen-bond acceptors (Lipinski definition) is 0. The first kappa shape index (κ1) is 38.8. The molecule has 0 N–H and O–H groups in total. The Balaban J connectivity index is 0.000000149. The monoisotopic (exact) mass is 976 g/mol. The van der Waals surface area contributed by atoms with Gasteiger partial charge in [-0.15, -0.1) is 11.6 Å². The highest BCUT2D eigenvalue weighted by atomic mass is 79.9. The van der Waals surface area contributed by atoms with Gasteiger partial charge in [0.25, 0.3) is 0 Å². The maximum absolute atomic E-state index is 5.60. The number of hydrogen-bond donors (Lipinski definition) is 0. The van der Waals surface area contributed by atoms with Crippen LogP contribution in [-0.2, 0) is 30.6 Å². The third kappa shape index (κ3) is 8.64. The summed E-state index contributed by atoms with van der Waals surface area (Å²) >= 11 is 20.1. The number of fused-ring (bicyclic) bond motifs is 6. The van der Waals surface area contributed by atoms with Crippen molar-refractivity contribution < 1.29 is 0 Å². The van der Waals surface area contributed by atoms with E-state index < -0.39 is 0 Å². The van der Waals surface area contributed by atoms with Crippen LogP contribution in [0.15, 0.2) is 182 Å². The highest BCUT2D eigenvalue weighted by Crippen LogP contribution is 2.53. The van der Waals surface area contributed by atoms with Crippen molar-refractivity contribution in [3.63, 3.8) is 0 Å². The number of alkyl halides is 1. The zero-order valence-electron chi connectivity index (χ0n) is 29.5. The number of rotatable bonds is 6. The molecule has 9 rings (SSSR count). The van der Waals surface area contributed by atoms with Crippen LogP contribution in [0.4, 0.5) is 0 Å². The smallest absolute Gasteiger partial charge is 0.0474 e. The van der Waals surface area contributed by atoms with Crippen molar-refractivity contribution in [2.45, 2.75) is 30.6 Å². The van der Waals surface area contributed by atoms with Gasteiger partial charge >= 0.3 is 0 Å². The minimum absolute atomic E-state index is 0.110. The molecule has 0 saturated heterocycles. The molecular formula is C49H37Br4Cl. The van der Waals surface area contributed by atoms with Crippen LogP contribution < -0.4 is 0 Å². The second kappa shape index (κ2) is 17.5. The highest BCUT2D eigenvalue weighted by molar-refractivity contribution is 9.11. The lowest BCUT2D eigenvalue weighted by molar-refractivity contribution is 0.519. The summed E-state index contributed by atoms with van der Waals surface area (Å²) in [4.78, 5) is 0. The van der Waals surface area contributed by atoms with Gasteiger partial charge in [-0.25, -0.2) is 0 Å². The SMILES string of the molecule is Brc1ccc2c(c1)C(Cc1ccccc1)(Cc1ccccc1)c1cc(Br)ccc1-2.Brc1ccc2c(c1)Cc1cc(Br)ccc1-2.C=Cc1ccc(CCl)cc1. The molecule has 0 bridgehead atoms. The molecule has 7 aromatic carbocycles. The van der Waals surface area contributed by atoms with E-state index in [1.807, 2.05) is 30.3 Å². The Bertz CT molecular complexity index is 2260. The van der Waals surface area contributed by atoms with Gasteiger partial charge in [0.05, 0.1) is 0 Å².